The number of piperidine rings is 1. The minimum atomic E-state index is -0.701. The zero-order valence-corrected chi connectivity index (χ0v) is 22.3. The molecule has 0 aliphatic carbocycles. The van der Waals surface area contributed by atoms with Gasteiger partial charge in [-0.25, -0.2) is 4.39 Å². The Labute approximate surface area is 222 Å². The average molecular weight is 524 g/mol. The number of imide groups is 1. The molecule has 202 valence electrons. The molecular formula is C29H34FN3O5. The van der Waals surface area contributed by atoms with Gasteiger partial charge in [0, 0.05) is 42.7 Å². The van der Waals surface area contributed by atoms with Gasteiger partial charge >= 0.3 is 0 Å². The zero-order valence-electron chi connectivity index (χ0n) is 22.3. The number of amides is 3. The molecule has 2 aromatic rings. The summed E-state index contributed by atoms with van der Waals surface area (Å²) in [5.41, 5.74) is 1.86. The molecule has 2 fully saturated rings. The minimum Gasteiger partial charge on any atom is -0.488 e. The maximum Gasteiger partial charge on any atom is 0.255 e. The van der Waals surface area contributed by atoms with Gasteiger partial charge in [-0.1, -0.05) is 18.2 Å². The van der Waals surface area contributed by atoms with Gasteiger partial charge in [-0.05, 0) is 57.9 Å². The third-order valence-corrected chi connectivity index (χ3v) is 7.21. The van der Waals surface area contributed by atoms with E-state index in [0.29, 0.717) is 29.0 Å². The molecule has 3 aliphatic rings. The lowest BCUT2D eigenvalue weighted by Gasteiger charge is -2.47. The van der Waals surface area contributed by atoms with E-state index in [0.717, 1.165) is 18.7 Å². The van der Waals surface area contributed by atoms with Gasteiger partial charge in [-0.2, -0.15) is 0 Å². The van der Waals surface area contributed by atoms with Crippen LogP contribution in [0.25, 0.3) is 0 Å². The molecule has 3 aliphatic heterocycles. The van der Waals surface area contributed by atoms with Gasteiger partial charge in [0.2, 0.25) is 11.8 Å². The number of carbonyl (C=O) groups excluding carboxylic acids is 3. The maximum atomic E-state index is 15.1. The van der Waals surface area contributed by atoms with E-state index >= 15 is 4.39 Å². The van der Waals surface area contributed by atoms with E-state index < -0.39 is 11.9 Å². The van der Waals surface area contributed by atoms with Crippen LogP contribution in [-0.2, 0) is 34.0 Å². The fourth-order valence-corrected chi connectivity index (χ4v) is 5.97. The van der Waals surface area contributed by atoms with Crippen LogP contribution in [0.5, 0.6) is 5.75 Å². The number of benzene rings is 2. The highest BCUT2D eigenvalue weighted by Gasteiger charge is 2.40. The highest BCUT2D eigenvalue weighted by molar-refractivity contribution is 6.05. The SMILES string of the molecule is CC1(C)CN(Cc2ccc(COc3cccc4c3CN([C@H]3CCC(=O)NC3=O)C4=O)c(F)c2)CC(C)(C)O1. The summed E-state index contributed by atoms with van der Waals surface area (Å²) in [5, 5.41) is 2.31. The fraction of sp³-hybridized carbons (Fsp3) is 0.483. The van der Waals surface area contributed by atoms with E-state index in [9.17, 15) is 14.4 Å². The Morgan fingerprint density at radius 3 is 2.50 bits per heavy atom. The first-order valence-corrected chi connectivity index (χ1v) is 13.0. The maximum absolute atomic E-state index is 15.1. The number of fused-ring (bicyclic) bond motifs is 1. The van der Waals surface area contributed by atoms with Crippen molar-refractivity contribution in [2.45, 2.75) is 77.5 Å². The van der Waals surface area contributed by atoms with Gasteiger partial charge in [-0.15, -0.1) is 0 Å². The smallest absolute Gasteiger partial charge is 0.255 e. The highest BCUT2D eigenvalue weighted by Crippen LogP contribution is 2.34. The van der Waals surface area contributed by atoms with Crippen molar-refractivity contribution in [3.63, 3.8) is 0 Å². The van der Waals surface area contributed by atoms with Crippen LogP contribution in [0.15, 0.2) is 36.4 Å². The standard InChI is InChI=1S/C29H34FN3O5/c1-28(2)16-32(17-29(3,4)38-28)13-18-8-9-19(22(30)12-18)15-37-24-7-5-6-20-21(24)14-33(27(20)36)23-10-11-25(34)31-26(23)35/h5-9,12,23H,10-11,13-17H2,1-4H3,(H,31,34,35)/t23-/m0/s1. The van der Waals surface area contributed by atoms with Crippen molar-refractivity contribution in [2.75, 3.05) is 13.1 Å². The van der Waals surface area contributed by atoms with E-state index in [1.54, 1.807) is 30.3 Å². The predicted molar refractivity (Wildman–Crippen MR) is 138 cm³/mol. The van der Waals surface area contributed by atoms with Gasteiger partial charge < -0.3 is 14.4 Å². The quantitative estimate of drug-likeness (QED) is 0.583. The average Bonchev–Trinajstić information content (AvgIpc) is 3.13. The van der Waals surface area contributed by atoms with Crippen LogP contribution in [-0.4, -0.2) is 57.9 Å². The summed E-state index contributed by atoms with van der Waals surface area (Å²) in [5.74, 6) is -0.929. The Bertz CT molecular complexity index is 1270. The summed E-state index contributed by atoms with van der Waals surface area (Å²) >= 11 is 0. The number of nitrogens with zero attached hydrogens (tertiary/aromatic N) is 2. The fourth-order valence-electron chi connectivity index (χ4n) is 5.97. The molecule has 8 nitrogen and oxygen atoms in total. The van der Waals surface area contributed by atoms with Crippen molar-refractivity contribution in [1.29, 1.82) is 0 Å². The third kappa shape index (κ3) is 5.44. The van der Waals surface area contributed by atoms with Gasteiger partial charge in [0.25, 0.3) is 5.91 Å². The summed E-state index contributed by atoms with van der Waals surface area (Å²) in [6.07, 6.45) is 0.480. The molecule has 0 bridgehead atoms. The number of morpholine rings is 1. The molecule has 0 radical (unpaired) electrons. The lowest BCUT2D eigenvalue weighted by atomic mass is 9.98. The third-order valence-electron chi connectivity index (χ3n) is 7.21. The number of carbonyl (C=O) groups is 3. The van der Waals surface area contributed by atoms with Crippen molar-refractivity contribution >= 4 is 17.7 Å². The molecule has 2 aromatic carbocycles. The zero-order chi connectivity index (χ0) is 27.2. The lowest BCUT2D eigenvalue weighted by Crippen LogP contribution is -2.56. The molecule has 2 saturated heterocycles. The molecule has 0 unspecified atom stereocenters. The molecular weight excluding hydrogens is 489 g/mol. The van der Waals surface area contributed by atoms with E-state index in [1.807, 2.05) is 6.07 Å². The topological polar surface area (TPSA) is 88.2 Å². The molecule has 0 saturated carbocycles. The predicted octanol–water partition coefficient (Wildman–Crippen LogP) is 3.56. The lowest BCUT2D eigenvalue weighted by molar-refractivity contribution is -0.182. The van der Waals surface area contributed by atoms with Crippen LogP contribution >= 0.6 is 0 Å². The van der Waals surface area contributed by atoms with Crippen LogP contribution in [0.2, 0.25) is 0 Å². The normalized spacial score (nSPS) is 22.8. The largest absolute Gasteiger partial charge is 0.488 e. The number of hydrogen-bond donors (Lipinski definition) is 1. The monoisotopic (exact) mass is 523 g/mol. The summed E-state index contributed by atoms with van der Waals surface area (Å²) in [6, 6.07) is 9.66. The van der Waals surface area contributed by atoms with Crippen LogP contribution in [0, 0.1) is 5.82 Å². The number of nitrogens with one attached hydrogen (secondary N) is 1. The Balaban J connectivity index is 1.25. The van der Waals surface area contributed by atoms with E-state index in [-0.39, 0.29) is 54.8 Å². The second-order valence-electron chi connectivity index (χ2n) is 11.7. The molecule has 38 heavy (non-hydrogen) atoms. The van der Waals surface area contributed by atoms with Crippen molar-refractivity contribution in [1.82, 2.24) is 15.1 Å². The first-order chi connectivity index (χ1) is 17.9. The molecule has 9 heteroatoms. The molecule has 1 atom stereocenters. The minimum absolute atomic E-state index is 0.00674. The number of ether oxygens (including phenoxy) is 2. The van der Waals surface area contributed by atoms with Gasteiger partial charge in [-0.3, -0.25) is 24.6 Å². The van der Waals surface area contributed by atoms with Crippen molar-refractivity contribution < 1.29 is 28.2 Å². The Kier molecular flexibility index (Phi) is 6.77. The highest BCUT2D eigenvalue weighted by atomic mass is 19.1. The van der Waals surface area contributed by atoms with Gasteiger partial charge in [0.05, 0.1) is 17.7 Å². The van der Waals surface area contributed by atoms with E-state index in [1.165, 1.54) is 4.90 Å². The molecule has 5 rings (SSSR count). The van der Waals surface area contributed by atoms with Gasteiger partial charge in [0.15, 0.2) is 0 Å². The number of rotatable bonds is 6. The van der Waals surface area contributed by atoms with Crippen LogP contribution in [0.4, 0.5) is 4.39 Å². The summed E-state index contributed by atoms with van der Waals surface area (Å²) in [4.78, 5) is 40.6. The summed E-state index contributed by atoms with van der Waals surface area (Å²) < 4.78 is 27.2. The van der Waals surface area contributed by atoms with Gasteiger partial charge in [0.1, 0.15) is 24.2 Å². The second-order valence-corrected chi connectivity index (χ2v) is 11.7. The first-order valence-electron chi connectivity index (χ1n) is 13.0. The van der Waals surface area contributed by atoms with Crippen LogP contribution in [0.1, 0.15) is 67.6 Å². The first kappa shape index (κ1) is 26.3. The van der Waals surface area contributed by atoms with Crippen molar-refractivity contribution in [3.8, 4) is 5.75 Å². The van der Waals surface area contributed by atoms with Crippen molar-refractivity contribution in [3.05, 3.63) is 64.5 Å². The second kappa shape index (κ2) is 9.78. The molecule has 1 N–H and O–H groups in total. The van der Waals surface area contributed by atoms with Crippen LogP contribution in [0.3, 0.4) is 0 Å². The van der Waals surface area contributed by atoms with E-state index in [2.05, 4.69) is 37.9 Å². The number of hydrogen-bond acceptors (Lipinski definition) is 6. The molecule has 0 spiro atoms. The van der Waals surface area contributed by atoms with Crippen LogP contribution < -0.4 is 10.1 Å². The Morgan fingerprint density at radius 1 is 1.08 bits per heavy atom. The molecule has 3 amide bonds. The van der Waals surface area contributed by atoms with E-state index in [4.69, 9.17) is 9.47 Å². The number of halogens is 1. The summed E-state index contributed by atoms with van der Waals surface area (Å²) in [6.45, 7) is 10.6. The Morgan fingerprint density at radius 2 is 1.82 bits per heavy atom. The van der Waals surface area contributed by atoms with Crippen molar-refractivity contribution in [2.24, 2.45) is 0 Å². The summed E-state index contributed by atoms with van der Waals surface area (Å²) in [7, 11) is 0. The Hall–Kier alpha value is -3.30. The molecule has 3 heterocycles. The molecule has 0 aromatic heterocycles.